The highest BCUT2D eigenvalue weighted by Crippen LogP contribution is 2.35. The van der Waals surface area contributed by atoms with Crippen LogP contribution in [-0.2, 0) is 13.1 Å². The third-order valence-electron chi connectivity index (χ3n) is 6.65. The summed E-state index contributed by atoms with van der Waals surface area (Å²) in [5.41, 5.74) is 8.19. The molecule has 0 saturated carbocycles. The Balaban J connectivity index is 1.20. The minimum absolute atomic E-state index is 0.233. The van der Waals surface area contributed by atoms with Crippen molar-refractivity contribution in [3.05, 3.63) is 108 Å². The number of nitrogens with one attached hydrogen (secondary N) is 3. The summed E-state index contributed by atoms with van der Waals surface area (Å²) in [6.45, 7) is 1.49. The molecule has 1 aromatic carbocycles. The van der Waals surface area contributed by atoms with Gasteiger partial charge in [0.05, 0.1) is 33.7 Å². The second-order valence-electron chi connectivity index (χ2n) is 9.27. The van der Waals surface area contributed by atoms with Gasteiger partial charge in [-0.25, -0.2) is 0 Å². The summed E-state index contributed by atoms with van der Waals surface area (Å²) in [4.78, 5) is 17.9. The van der Waals surface area contributed by atoms with Crippen LogP contribution in [0.3, 0.4) is 0 Å². The van der Waals surface area contributed by atoms with E-state index < -0.39 is 0 Å². The first-order chi connectivity index (χ1) is 19.2. The third kappa shape index (κ3) is 4.58. The number of halogens is 1. The summed E-state index contributed by atoms with van der Waals surface area (Å²) in [5, 5.41) is 12.8. The Morgan fingerprint density at radius 3 is 2.54 bits per heavy atom. The predicted molar refractivity (Wildman–Crippen MR) is 152 cm³/mol. The quantitative estimate of drug-likeness (QED) is 0.212. The van der Waals surface area contributed by atoms with Gasteiger partial charge in [0.15, 0.2) is 5.13 Å². The Kier molecular flexibility index (Phi) is 5.92. The molecule has 6 heterocycles. The lowest BCUT2D eigenvalue weighted by Gasteiger charge is -2.07. The molecule has 9 heteroatoms. The van der Waals surface area contributed by atoms with Crippen molar-refractivity contribution in [3.63, 3.8) is 0 Å². The summed E-state index contributed by atoms with van der Waals surface area (Å²) in [5.74, 6) is 0. The molecule has 190 valence electrons. The zero-order chi connectivity index (χ0) is 26.2. The highest BCUT2D eigenvalue weighted by Gasteiger charge is 2.16. The molecule has 0 fully saturated rings. The number of thiophene rings is 1. The molecular weight excluding hydrogens is 509 g/mol. The predicted octanol–water partition coefficient (Wildman–Crippen LogP) is 6.72. The molecule has 7 nitrogen and oxygen atoms in total. The van der Waals surface area contributed by atoms with Gasteiger partial charge in [-0.1, -0.05) is 30.3 Å². The number of aromatic nitrogens is 6. The van der Waals surface area contributed by atoms with Crippen LogP contribution in [0.4, 0.5) is 4.39 Å². The van der Waals surface area contributed by atoms with E-state index in [4.69, 9.17) is 0 Å². The second kappa shape index (κ2) is 9.86. The average molecular weight is 532 g/mol. The molecule has 6 aromatic heterocycles. The topological polar surface area (TPSA) is 95.2 Å². The third-order valence-corrected chi connectivity index (χ3v) is 7.53. The van der Waals surface area contributed by atoms with Gasteiger partial charge in [0.2, 0.25) is 0 Å². The summed E-state index contributed by atoms with van der Waals surface area (Å²) < 4.78 is 13.7. The van der Waals surface area contributed by atoms with E-state index in [9.17, 15) is 4.39 Å². The molecule has 0 aliphatic rings. The van der Waals surface area contributed by atoms with E-state index in [2.05, 4.69) is 53.6 Å². The smallest absolute Gasteiger partial charge is 0.177 e. The zero-order valence-electron chi connectivity index (χ0n) is 20.6. The Morgan fingerprint density at radius 2 is 1.67 bits per heavy atom. The van der Waals surface area contributed by atoms with Crippen molar-refractivity contribution in [3.8, 4) is 33.2 Å². The first-order valence-electron chi connectivity index (χ1n) is 12.5. The van der Waals surface area contributed by atoms with E-state index in [0.29, 0.717) is 6.54 Å². The molecule has 7 aromatic rings. The van der Waals surface area contributed by atoms with Gasteiger partial charge in [-0.05, 0) is 47.5 Å². The van der Waals surface area contributed by atoms with Crippen LogP contribution in [0.1, 0.15) is 11.1 Å². The molecule has 0 atom stereocenters. The van der Waals surface area contributed by atoms with E-state index >= 15 is 0 Å². The minimum atomic E-state index is -0.233. The Labute approximate surface area is 226 Å². The maximum Gasteiger partial charge on any atom is 0.177 e. The number of benzene rings is 1. The Bertz CT molecular complexity index is 1920. The highest BCUT2D eigenvalue weighted by atomic mass is 32.1. The van der Waals surface area contributed by atoms with Gasteiger partial charge in [-0.3, -0.25) is 20.1 Å². The molecule has 0 bridgehead atoms. The first-order valence-corrected chi connectivity index (χ1v) is 13.3. The molecule has 0 unspecified atom stereocenters. The van der Waals surface area contributed by atoms with Crippen LogP contribution >= 0.6 is 11.3 Å². The average Bonchev–Trinajstić information content (AvgIpc) is 3.71. The number of pyridine rings is 3. The Hall–Kier alpha value is -4.73. The summed E-state index contributed by atoms with van der Waals surface area (Å²) >= 11 is 1.09. The van der Waals surface area contributed by atoms with Crippen LogP contribution in [0, 0.1) is 5.13 Å². The van der Waals surface area contributed by atoms with Crippen molar-refractivity contribution in [2.24, 2.45) is 0 Å². The van der Waals surface area contributed by atoms with Gasteiger partial charge in [0.1, 0.15) is 5.69 Å². The van der Waals surface area contributed by atoms with E-state index in [1.807, 2.05) is 48.8 Å². The van der Waals surface area contributed by atoms with Crippen LogP contribution in [-0.4, -0.2) is 30.1 Å². The van der Waals surface area contributed by atoms with Crippen LogP contribution < -0.4 is 5.32 Å². The van der Waals surface area contributed by atoms with Crippen molar-refractivity contribution in [1.29, 1.82) is 0 Å². The number of hydrogen-bond donors (Lipinski definition) is 3. The fourth-order valence-corrected chi connectivity index (χ4v) is 5.51. The summed E-state index contributed by atoms with van der Waals surface area (Å²) in [6.07, 6.45) is 7.23. The zero-order valence-corrected chi connectivity index (χ0v) is 21.5. The monoisotopic (exact) mass is 531 g/mol. The lowest BCUT2D eigenvalue weighted by atomic mass is 10.1. The number of aromatic amines is 2. The molecular formula is C30H22FN7S. The van der Waals surface area contributed by atoms with E-state index in [0.717, 1.165) is 78.5 Å². The lowest BCUT2D eigenvalue weighted by Crippen LogP contribution is -2.12. The number of rotatable bonds is 7. The highest BCUT2D eigenvalue weighted by molar-refractivity contribution is 7.13. The van der Waals surface area contributed by atoms with Crippen molar-refractivity contribution >= 4 is 33.1 Å². The molecule has 0 saturated heterocycles. The maximum atomic E-state index is 13.7. The molecule has 0 radical (unpaired) electrons. The van der Waals surface area contributed by atoms with Crippen molar-refractivity contribution in [2.75, 3.05) is 0 Å². The fourth-order valence-electron chi connectivity index (χ4n) is 4.77. The fraction of sp³-hybridized carbons (Fsp3) is 0.0667. The van der Waals surface area contributed by atoms with Gasteiger partial charge in [-0.15, -0.1) is 11.3 Å². The van der Waals surface area contributed by atoms with Crippen molar-refractivity contribution < 1.29 is 4.39 Å². The van der Waals surface area contributed by atoms with E-state index in [1.165, 1.54) is 11.6 Å². The molecule has 39 heavy (non-hydrogen) atoms. The number of H-pyrrole nitrogens is 2. The van der Waals surface area contributed by atoms with Gasteiger partial charge >= 0.3 is 0 Å². The van der Waals surface area contributed by atoms with Gasteiger partial charge < -0.3 is 10.3 Å². The number of fused-ring (bicyclic) bond motifs is 2. The SMILES string of the molecule is Fc1ccc(-c2nccc3[nH]c(-c4n[nH]c5cnc(-c6cncc(CNCc7ccccc7)c6)cc45)cc23)s1. The molecule has 0 spiro atoms. The van der Waals surface area contributed by atoms with Crippen LogP contribution in [0.2, 0.25) is 0 Å². The molecule has 0 aliphatic heterocycles. The normalized spacial score (nSPS) is 11.5. The standard InChI is InChI=1S/C30H22FN7S/c31-28-7-6-27(39-28)30-21-12-25(36-23(21)8-9-34-30)29-22-11-24(35-17-26(22)37-38-29)20-10-19(15-33-16-20)14-32-13-18-4-2-1-3-5-18/h1-12,15-17,32,36H,13-14H2,(H,37,38). The number of nitrogens with zero attached hydrogens (tertiary/aromatic N) is 4. The molecule has 7 rings (SSSR count). The molecule has 0 amide bonds. The second-order valence-corrected chi connectivity index (χ2v) is 10.3. The van der Waals surface area contributed by atoms with Crippen LogP contribution in [0.25, 0.3) is 55.0 Å². The van der Waals surface area contributed by atoms with Crippen LogP contribution in [0.15, 0.2) is 91.5 Å². The first kappa shape index (κ1) is 23.4. The van der Waals surface area contributed by atoms with Gasteiger partial charge in [-0.2, -0.15) is 9.49 Å². The van der Waals surface area contributed by atoms with Crippen molar-refractivity contribution in [2.45, 2.75) is 13.1 Å². The van der Waals surface area contributed by atoms with E-state index in [-0.39, 0.29) is 5.13 Å². The molecule has 3 N–H and O–H groups in total. The summed E-state index contributed by atoms with van der Waals surface area (Å²) in [7, 11) is 0. The van der Waals surface area contributed by atoms with Gasteiger partial charge in [0.25, 0.3) is 0 Å². The maximum absolute atomic E-state index is 13.7. The van der Waals surface area contributed by atoms with E-state index in [1.54, 1.807) is 18.5 Å². The van der Waals surface area contributed by atoms with Gasteiger partial charge in [0, 0.05) is 53.5 Å². The lowest BCUT2D eigenvalue weighted by molar-refractivity contribution is 0.657. The molecule has 0 aliphatic carbocycles. The van der Waals surface area contributed by atoms with Crippen molar-refractivity contribution in [1.82, 2.24) is 35.5 Å². The summed E-state index contributed by atoms with van der Waals surface area (Å²) in [6, 6.07) is 21.6. The Morgan fingerprint density at radius 1 is 0.795 bits per heavy atom. The minimum Gasteiger partial charge on any atom is -0.353 e. The van der Waals surface area contributed by atoms with Crippen LogP contribution in [0.5, 0.6) is 0 Å². The largest absolute Gasteiger partial charge is 0.353 e. The number of hydrogen-bond acceptors (Lipinski definition) is 6.